The fraction of sp³-hybridized carbons (Fsp3) is 0.938. The lowest BCUT2D eigenvalue weighted by atomic mass is 10.00. The van der Waals surface area contributed by atoms with Gasteiger partial charge in [0.15, 0.2) is 6.10 Å². The van der Waals surface area contributed by atoms with Gasteiger partial charge in [-0.25, -0.2) is 0 Å². The Kier molecular flexibility index (Phi) is 41.3. The van der Waals surface area contributed by atoms with Gasteiger partial charge in [0.2, 0.25) is 0 Å². The zero-order valence-electron chi connectivity index (χ0n) is 36.7. The Bertz CT molecular complexity index is 813. The zero-order valence-corrected chi connectivity index (χ0v) is 36.7. The minimum Gasteiger partial charge on any atom is -0.462 e. The van der Waals surface area contributed by atoms with Gasteiger partial charge >= 0.3 is 17.9 Å². The summed E-state index contributed by atoms with van der Waals surface area (Å²) in [7, 11) is 0. The molecule has 0 heterocycles. The number of unbranched alkanes of at least 4 members (excludes halogenated alkanes) is 29. The molecule has 0 fully saturated rings. The van der Waals surface area contributed by atoms with Crippen molar-refractivity contribution >= 4 is 17.9 Å². The van der Waals surface area contributed by atoms with E-state index in [0.717, 1.165) is 63.7 Å². The van der Waals surface area contributed by atoms with E-state index in [-0.39, 0.29) is 31.1 Å². The summed E-state index contributed by atoms with van der Waals surface area (Å²) < 4.78 is 16.7. The summed E-state index contributed by atoms with van der Waals surface area (Å²) >= 11 is 0. The molecule has 0 aromatic heterocycles. The van der Waals surface area contributed by atoms with Gasteiger partial charge in [-0.1, -0.05) is 227 Å². The fourth-order valence-electron chi connectivity index (χ4n) is 7.12. The summed E-state index contributed by atoms with van der Waals surface area (Å²) in [5.41, 5.74) is 0. The van der Waals surface area contributed by atoms with E-state index in [1.165, 1.54) is 161 Å². The van der Waals surface area contributed by atoms with Crippen molar-refractivity contribution in [1.29, 1.82) is 0 Å². The summed E-state index contributed by atoms with van der Waals surface area (Å²) in [6, 6.07) is 0. The van der Waals surface area contributed by atoms with Crippen molar-refractivity contribution in [2.45, 2.75) is 271 Å². The van der Waals surface area contributed by atoms with Crippen molar-refractivity contribution in [3.05, 3.63) is 0 Å². The first-order valence-electron chi connectivity index (χ1n) is 23.9. The van der Waals surface area contributed by atoms with Gasteiger partial charge in [-0.15, -0.1) is 0 Å². The van der Waals surface area contributed by atoms with Crippen molar-refractivity contribution in [3.63, 3.8) is 0 Å². The number of carbonyl (C=O) groups is 3. The zero-order chi connectivity index (χ0) is 39.6. The number of ether oxygens (including phenoxy) is 3. The summed E-state index contributed by atoms with van der Waals surface area (Å²) in [6.45, 7) is 8.97. The van der Waals surface area contributed by atoms with Crippen molar-refractivity contribution < 1.29 is 28.6 Å². The van der Waals surface area contributed by atoms with Crippen LogP contribution in [0.4, 0.5) is 0 Å². The van der Waals surface area contributed by atoms with Crippen LogP contribution in [0.25, 0.3) is 0 Å². The Morgan fingerprint density at radius 3 is 0.963 bits per heavy atom. The first-order valence-corrected chi connectivity index (χ1v) is 23.9. The lowest BCUT2D eigenvalue weighted by molar-refractivity contribution is -0.167. The Balaban J connectivity index is 4.30. The molecule has 0 amide bonds. The number of carbonyl (C=O) groups excluding carboxylic acids is 3. The number of hydrogen-bond acceptors (Lipinski definition) is 6. The quantitative estimate of drug-likeness (QED) is 0.0349. The molecule has 0 radical (unpaired) electrons. The highest BCUT2D eigenvalue weighted by atomic mass is 16.6. The van der Waals surface area contributed by atoms with Gasteiger partial charge in [0.05, 0.1) is 0 Å². The van der Waals surface area contributed by atoms with Crippen molar-refractivity contribution in [2.24, 2.45) is 5.92 Å². The van der Waals surface area contributed by atoms with Crippen LogP contribution in [0.5, 0.6) is 0 Å². The Labute approximate surface area is 336 Å². The lowest BCUT2D eigenvalue weighted by Crippen LogP contribution is -2.30. The summed E-state index contributed by atoms with van der Waals surface area (Å²) in [5, 5.41) is 0. The van der Waals surface area contributed by atoms with Crippen molar-refractivity contribution in [1.82, 2.24) is 0 Å². The van der Waals surface area contributed by atoms with Gasteiger partial charge in [0, 0.05) is 19.3 Å². The molecule has 54 heavy (non-hydrogen) atoms. The Hall–Kier alpha value is -1.59. The van der Waals surface area contributed by atoms with Gasteiger partial charge < -0.3 is 14.2 Å². The van der Waals surface area contributed by atoms with Crippen LogP contribution in [0.3, 0.4) is 0 Å². The number of hydrogen-bond donors (Lipinski definition) is 0. The Morgan fingerprint density at radius 2 is 0.648 bits per heavy atom. The molecule has 0 saturated heterocycles. The smallest absolute Gasteiger partial charge is 0.306 e. The standard InChI is InChI=1S/C48H92O6/c1-5-8-10-12-14-16-18-19-20-21-22-23-25-27-33-37-41-48(51)54-45(42-52-46(49)39-35-31-26-24-17-15-13-11-9-6-2)43-53-47(50)40-36-32-29-28-30-34-38-44(4)7-3/h44-45H,5-43H2,1-4H3/t44?,45-/m0/s1. The van der Waals surface area contributed by atoms with Crippen LogP contribution in [0, 0.1) is 5.92 Å². The van der Waals surface area contributed by atoms with E-state index in [2.05, 4.69) is 27.7 Å². The molecule has 0 aliphatic heterocycles. The lowest BCUT2D eigenvalue weighted by Gasteiger charge is -2.18. The minimum atomic E-state index is -0.760. The maximum absolute atomic E-state index is 12.7. The third kappa shape index (κ3) is 40.1. The molecule has 0 rings (SSSR count). The molecule has 2 atom stereocenters. The molecular formula is C48H92O6. The SMILES string of the molecule is CCCCCCCCCCCCCCCCCCC(=O)O[C@@H](COC(=O)CCCCCCCCCCCC)COC(=O)CCCCCCCCC(C)CC. The topological polar surface area (TPSA) is 78.9 Å². The van der Waals surface area contributed by atoms with E-state index >= 15 is 0 Å². The second-order valence-corrected chi connectivity index (χ2v) is 16.6. The van der Waals surface area contributed by atoms with Gasteiger partial charge in [-0.3, -0.25) is 14.4 Å². The van der Waals surface area contributed by atoms with Crippen molar-refractivity contribution in [2.75, 3.05) is 13.2 Å². The molecule has 0 aromatic rings. The van der Waals surface area contributed by atoms with Crippen LogP contribution in [0.2, 0.25) is 0 Å². The van der Waals surface area contributed by atoms with Crippen LogP contribution < -0.4 is 0 Å². The molecule has 1 unspecified atom stereocenters. The third-order valence-electron chi connectivity index (χ3n) is 11.2. The number of esters is 3. The summed E-state index contributed by atoms with van der Waals surface area (Å²) in [5.74, 6) is -0.0404. The van der Waals surface area contributed by atoms with Gasteiger partial charge in [-0.2, -0.15) is 0 Å². The predicted molar refractivity (Wildman–Crippen MR) is 229 cm³/mol. The average Bonchev–Trinajstić information content (AvgIpc) is 3.17. The van der Waals surface area contributed by atoms with Gasteiger partial charge in [0.1, 0.15) is 13.2 Å². The highest BCUT2D eigenvalue weighted by molar-refractivity contribution is 5.71. The van der Waals surface area contributed by atoms with E-state index in [0.29, 0.717) is 19.3 Å². The van der Waals surface area contributed by atoms with Crippen LogP contribution in [0.15, 0.2) is 0 Å². The molecule has 0 spiro atoms. The van der Waals surface area contributed by atoms with E-state index in [9.17, 15) is 14.4 Å². The maximum Gasteiger partial charge on any atom is 0.306 e. The molecule has 6 heteroatoms. The molecule has 0 saturated carbocycles. The molecular weight excluding hydrogens is 673 g/mol. The fourth-order valence-corrected chi connectivity index (χ4v) is 7.12. The van der Waals surface area contributed by atoms with Crippen LogP contribution in [0.1, 0.15) is 265 Å². The van der Waals surface area contributed by atoms with E-state index in [1.807, 2.05) is 0 Å². The molecule has 0 N–H and O–H groups in total. The largest absolute Gasteiger partial charge is 0.462 e. The van der Waals surface area contributed by atoms with Gasteiger partial charge in [0.25, 0.3) is 0 Å². The first kappa shape index (κ1) is 52.4. The third-order valence-corrected chi connectivity index (χ3v) is 11.2. The highest BCUT2D eigenvalue weighted by Gasteiger charge is 2.19. The van der Waals surface area contributed by atoms with Crippen LogP contribution in [-0.4, -0.2) is 37.2 Å². The van der Waals surface area contributed by atoms with Crippen LogP contribution >= 0.6 is 0 Å². The molecule has 0 aromatic carbocycles. The number of rotatable bonds is 43. The highest BCUT2D eigenvalue weighted by Crippen LogP contribution is 2.17. The molecule has 6 nitrogen and oxygen atoms in total. The average molecular weight is 765 g/mol. The van der Waals surface area contributed by atoms with E-state index < -0.39 is 6.10 Å². The first-order chi connectivity index (χ1) is 26.4. The van der Waals surface area contributed by atoms with Crippen LogP contribution in [-0.2, 0) is 28.6 Å². The minimum absolute atomic E-state index is 0.0643. The van der Waals surface area contributed by atoms with Gasteiger partial charge in [-0.05, 0) is 25.2 Å². The van der Waals surface area contributed by atoms with E-state index in [1.54, 1.807) is 0 Å². The molecule has 0 aliphatic rings. The predicted octanol–water partition coefficient (Wildman–Crippen LogP) is 15.1. The normalized spacial score (nSPS) is 12.4. The Morgan fingerprint density at radius 1 is 0.370 bits per heavy atom. The second-order valence-electron chi connectivity index (χ2n) is 16.6. The summed E-state index contributed by atoms with van der Waals surface area (Å²) in [6.07, 6.45) is 42.3. The maximum atomic E-state index is 12.7. The molecule has 320 valence electrons. The monoisotopic (exact) mass is 765 g/mol. The molecule has 0 bridgehead atoms. The molecule has 0 aliphatic carbocycles. The van der Waals surface area contributed by atoms with Crippen molar-refractivity contribution in [3.8, 4) is 0 Å². The summed E-state index contributed by atoms with van der Waals surface area (Å²) in [4.78, 5) is 37.7. The van der Waals surface area contributed by atoms with E-state index in [4.69, 9.17) is 14.2 Å². The second kappa shape index (κ2) is 42.6.